The Bertz CT molecular complexity index is 1140. The standard InChI is InChI=1S/C33H45FO3/c1-30(2)23(20-7-8-22(29(36)37)26(34)18-20)11-15-32(4)27(30)13-16-31(3)24-12-17-33(19-35)14-5-6-25(33)21(24)9-10-28(31)32/h7-8,11,18,21,24-25,27-28,35H,5-6,9-10,12-17,19H2,1-4H3,(H,36,37)/t21-,24?,25?,27?,28?,31-,32-,33+/m0/s1. The van der Waals surface area contributed by atoms with E-state index in [-0.39, 0.29) is 21.8 Å². The summed E-state index contributed by atoms with van der Waals surface area (Å²) in [5.41, 5.74) is 2.43. The lowest BCUT2D eigenvalue weighted by Crippen LogP contribution is -2.61. The summed E-state index contributed by atoms with van der Waals surface area (Å²) >= 11 is 0. The number of aromatic carboxylic acids is 1. The summed E-state index contributed by atoms with van der Waals surface area (Å²) in [6, 6.07) is 4.67. The highest BCUT2D eigenvalue weighted by molar-refractivity contribution is 5.88. The first-order chi connectivity index (χ1) is 17.5. The highest BCUT2D eigenvalue weighted by Crippen LogP contribution is 2.73. The zero-order valence-corrected chi connectivity index (χ0v) is 23.2. The van der Waals surface area contributed by atoms with Crippen LogP contribution in [0.4, 0.5) is 4.39 Å². The van der Waals surface area contributed by atoms with Crippen molar-refractivity contribution in [3.05, 3.63) is 41.2 Å². The molecule has 2 N–H and O–H groups in total. The van der Waals surface area contributed by atoms with E-state index in [1.54, 1.807) is 6.07 Å². The highest BCUT2D eigenvalue weighted by atomic mass is 19.1. The van der Waals surface area contributed by atoms with Gasteiger partial charge in [-0.05, 0) is 132 Å². The molecule has 0 aliphatic heterocycles. The van der Waals surface area contributed by atoms with Gasteiger partial charge in [-0.25, -0.2) is 9.18 Å². The summed E-state index contributed by atoms with van der Waals surface area (Å²) in [5.74, 6) is 1.62. The number of hydrogen-bond donors (Lipinski definition) is 2. The fourth-order valence-corrected chi connectivity index (χ4v) is 11.6. The molecule has 0 saturated heterocycles. The van der Waals surface area contributed by atoms with Gasteiger partial charge >= 0.3 is 5.97 Å². The minimum atomic E-state index is -1.22. The number of carboxylic acid groups (broad SMARTS) is 1. The molecular weight excluding hydrogens is 463 g/mol. The second-order valence-electron chi connectivity index (χ2n) is 14.6. The zero-order valence-electron chi connectivity index (χ0n) is 23.2. The number of carboxylic acids is 1. The van der Waals surface area contributed by atoms with Crippen LogP contribution < -0.4 is 0 Å². The van der Waals surface area contributed by atoms with Gasteiger partial charge in [-0.2, -0.15) is 0 Å². The molecule has 0 spiro atoms. The van der Waals surface area contributed by atoms with Crippen LogP contribution in [0.1, 0.15) is 108 Å². The topological polar surface area (TPSA) is 57.5 Å². The molecule has 0 bridgehead atoms. The third kappa shape index (κ3) is 3.42. The maximum atomic E-state index is 14.7. The molecule has 0 radical (unpaired) electrons. The minimum Gasteiger partial charge on any atom is -0.478 e. The summed E-state index contributed by atoms with van der Waals surface area (Å²) in [4.78, 5) is 11.4. The Morgan fingerprint density at radius 3 is 2.43 bits per heavy atom. The van der Waals surface area contributed by atoms with Gasteiger partial charge in [-0.3, -0.25) is 0 Å². The quantitative estimate of drug-likeness (QED) is 0.435. The van der Waals surface area contributed by atoms with Gasteiger partial charge in [0.15, 0.2) is 0 Å². The first-order valence-corrected chi connectivity index (χ1v) is 14.8. The number of halogens is 1. The van der Waals surface area contributed by atoms with Gasteiger partial charge in [0.1, 0.15) is 5.82 Å². The largest absolute Gasteiger partial charge is 0.478 e. The van der Waals surface area contributed by atoms with Gasteiger partial charge in [-0.15, -0.1) is 0 Å². The number of carbonyl (C=O) groups is 1. The fourth-order valence-electron chi connectivity index (χ4n) is 11.6. The number of allylic oxidation sites excluding steroid dienone is 2. The zero-order chi connectivity index (χ0) is 26.4. The van der Waals surface area contributed by atoms with E-state index in [0.717, 1.165) is 29.7 Å². The Morgan fingerprint density at radius 2 is 1.73 bits per heavy atom. The van der Waals surface area contributed by atoms with E-state index in [2.05, 4.69) is 33.8 Å². The molecule has 37 heavy (non-hydrogen) atoms. The van der Waals surface area contributed by atoms with Crippen molar-refractivity contribution in [2.45, 2.75) is 91.9 Å². The Balaban J connectivity index is 1.33. The van der Waals surface area contributed by atoms with Crippen molar-refractivity contribution in [3.8, 4) is 0 Å². The molecule has 0 heterocycles. The molecule has 4 unspecified atom stereocenters. The van der Waals surface area contributed by atoms with Crippen LogP contribution in [0.3, 0.4) is 0 Å². The summed E-state index contributed by atoms with van der Waals surface area (Å²) < 4.78 is 14.7. The highest BCUT2D eigenvalue weighted by Gasteiger charge is 2.65. The summed E-state index contributed by atoms with van der Waals surface area (Å²) in [6.07, 6.45) is 14.8. The fraction of sp³-hybridized carbons (Fsp3) is 0.727. The molecule has 202 valence electrons. The number of aliphatic hydroxyl groups is 1. The number of fused-ring (bicyclic) bond motifs is 7. The number of hydrogen-bond acceptors (Lipinski definition) is 2. The molecule has 4 heteroatoms. The third-order valence-corrected chi connectivity index (χ3v) is 13.1. The lowest BCUT2D eigenvalue weighted by molar-refractivity contribution is -0.181. The number of aliphatic hydroxyl groups excluding tert-OH is 1. The predicted octanol–water partition coefficient (Wildman–Crippen LogP) is 7.97. The molecule has 8 atom stereocenters. The first-order valence-electron chi connectivity index (χ1n) is 14.8. The average molecular weight is 509 g/mol. The Hall–Kier alpha value is -1.68. The van der Waals surface area contributed by atoms with Crippen LogP contribution in [0, 0.1) is 57.1 Å². The maximum Gasteiger partial charge on any atom is 0.338 e. The smallest absolute Gasteiger partial charge is 0.338 e. The van der Waals surface area contributed by atoms with Gasteiger partial charge in [-0.1, -0.05) is 46.3 Å². The van der Waals surface area contributed by atoms with E-state index < -0.39 is 11.8 Å². The Labute approximate surface area is 221 Å². The molecule has 0 amide bonds. The van der Waals surface area contributed by atoms with Gasteiger partial charge in [0.2, 0.25) is 0 Å². The van der Waals surface area contributed by atoms with Crippen molar-refractivity contribution in [3.63, 3.8) is 0 Å². The van der Waals surface area contributed by atoms with Gasteiger partial charge in [0.25, 0.3) is 0 Å². The number of benzene rings is 1. The normalized spacial score (nSPS) is 44.2. The van der Waals surface area contributed by atoms with E-state index in [1.165, 1.54) is 75.5 Å². The van der Waals surface area contributed by atoms with Crippen molar-refractivity contribution in [1.29, 1.82) is 0 Å². The van der Waals surface area contributed by atoms with Crippen molar-refractivity contribution in [2.75, 3.05) is 6.61 Å². The van der Waals surface area contributed by atoms with Crippen molar-refractivity contribution < 1.29 is 19.4 Å². The molecule has 0 aromatic heterocycles. The van der Waals surface area contributed by atoms with Crippen molar-refractivity contribution >= 4 is 11.5 Å². The van der Waals surface area contributed by atoms with Crippen LogP contribution in [0.5, 0.6) is 0 Å². The molecule has 4 saturated carbocycles. The summed E-state index contributed by atoms with van der Waals surface area (Å²) in [6.45, 7) is 10.2. The van der Waals surface area contributed by atoms with Crippen LogP contribution in [0.2, 0.25) is 0 Å². The first kappa shape index (κ1) is 25.6. The maximum absolute atomic E-state index is 14.7. The molecule has 5 aliphatic rings. The van der Waals surface area contributed by atoms with E-state index >= 15 is 0 Å². The Kier molecular flexibility index (Phi) is 5.81. The van der Waals surface area contributed by atoms with Crippen LogP contribution >= 0.6 is 0 Å². The number of rotatable bonds is 3. The average Bonchev–Trinajstić information content (AvgIpc) is 3.28. The van der Waals surface area contributed by atoms with E-state index in [1.807, 2.05) is 0 Å². The minimum absolute atomic E-state index is 0.105. The van der Waals surface area contributed by atoms with Crippen LogP contribution in [-0.4, -0.2) is 22.8 Å². The van der Waals surface area contributed by atoms with E-state index in [4.69, 9.17) is 0 Å². The van der Waals surface area contributed by atoms with Crippen molar-refractivity contribution in [1.82, 2.24) is 0 Å². The van der Waals surface area contributed by atoms with Gasteiger partial charge in [0, 0.05) is 6.61 Å². The predicted molar refractivity (Wildman–Crippen MR) is 144 cm³/mol. The monoisotopic (exact) mass is 508 g/mol. The van der Waals surface area contributed by atoms with Gasteiger partial charge in [0.05, 0.1) is 5.56 Å². The summed E-state index contributed by atoms with van der Waals surface area (Å²) in [5, 5.41) is 19.7. The van der Waals surface area contributed by atoms with E-state index in [9.17, 15) is 19.4 Å². The van der Waals surface area contributed by atoms with Crippen molar-refractivity contribution in [2.24, 2.45) is 51.2 Å². The second kappa shape index (κ2) is 8.41. The Morgan fingerprint density at radius 1 is 0.946 bits per heavy atom. The summed E-state index contributed by atoms with van der Waals surface area (Å²) in [7, 11) is 0. The van der Waals surface area contributed by atoms with Crippen LogP contribution in [0.15, 0.2) is 24.3 Å². The molecule has 6 rings (SSSR count). The second-order valence-corrected chi connectivity index (χ2v) is 14.6. The lowest BCUT2D eigenvalue weighted by Gasteiger charge is -2.68. The molecule has 5 aliphatic carbocycles. The third-order valence-electron chi connectivity index (χ3n) is 13.1. The van der Waals surface area contributed by atoms with Gasteiger partial charge < -0.3 is 10.2 Å². The molecular formula is C33H45FO3. The van der Waals surface area contributed by atoms with Crippen LogP contribution in [0.25, 0.3) is 5.57 Å². The SMILES string of the molecule is CC1(C)C(c2ccc(C(=O)O)c(F)c2)=CC[C@@]2(C)C1CC[C@@]1(C)C3CC[C@@]4(CO)CCCC4[C@H]3CCC12. The van der Waals surface area contributed by atoms with E-state index in [0.29, 0.717) is 23.9 Å². The molecule has 3 nitrogen and oxygen atoms in total. The lowest BCUT2D eigenvalue weighted by atomic mass is 9.36. The molecule has 4 fully saturated rings. The molecule has 1 aromatic rings. The van der Waals surface area contributed by atoms with Crippen LogP contribution in [-0.2, 0) is 0 Å². The molecule has 1 aromatic carbocycles.